The number of hydrogen-bond donors (Lipinski definition) is 1. The van der Waals surface area contributed by atoms with E-state index in [9.17, 15) is 0 Å². The summed E-state index contributed by atoms with van der Waals surface area (Å²) in [7, 11) is 0. The molecule has 0 spiro atoms. The molecule has 0 saturated heterocycles. The van der Waals surface area contributed by atoms with Crippen molar-refractivity contribution < 1.29 is 0 Å². The van der Waals surface area contributed by atoms with Gasteiger partial charge < -0.3 is 5.32 Å². The largest absolute Gasteiger partial charge is 0.317 e. The molecule has 1 unspecified atom stereocenters. The summed E-state index contributed by atoms with van der Waals surface area (Å²) in [5, 5.41) is 6.91. The van der Waals surface area contributed by atoms with Crippen LogP contribution in [-0.2, 0) is 6.42 Å². The van der Waals surface area contributed by atoms with Gasteiger partial charge in [0.25, 0.3) is 0 Å². The number of hydrogen-bond acceptors (Lipinski definition) is 3. The summed E-state index contributed by atoms with van der Waals surface area (Å²) in [6.45, 7) is 8.90. The lowest BCUT2D eigenvalue weighted by atomic mass is 10.1. The second kappa shape index (κ2) is 4.22. The van der Waals surface area contributed by atoms with Crippen LogP contribution in [0.25, 0.3) is 0 Å². The van der Waals surface area contributed by atoms with Crippen LogP contribution in [0.15, 0.2) is 5.38 Å². The molecule has 84 valence electrons. The number of nitrogens with one attached hydrogen (secondary N) is 1. The Labute approximate surface area is 96.1 Å². The molecule has 1 aromatic heterocycles. The average Bonchev–Trinajstić information content (AvgIpc) is 2.64. The quantitative estimate of drug-likeness (QED) is 0.778. The van der Waals surface area contributed by atoms with Gasteiger partial charge in [0.05, 0.1) is 10.7 Å². The SMILES string of the molecule is CCNCCc1csc(C2CC2(C)C)n1. The highest BCUT2D eigenvalue weighted by Gasteiger charge is 2.48. The normalized spacial score (nSPS) is 23.0. The Kier molecular flexibility index (Phi) is 3.12. The van der Waals surface area contributed by atoms with Gasteiger partial charge in [0.15, 0.2) is 0 Å². The lowest BCUT2D eigenvalue weighted by Gasteiger charge is -1.99. The number of likely N-dealkylation sites (N-methyl/N-ethyl adjacent to an activating group) is 1. The smallest absolute Gasteiger partial charge is 0.0964 e. The fourth-order valence-electron chi connectivity index (χ4n) is 1.88. The van der Waals surface area contributed by atoms with Crippen LogP contribution < -0.4 is 5.32 Å². The first-order valence-electron chi connectivity index (χ1n) is 5.78. The van der Waals surface area contributed by atoms with Crippen molar-refractivity contribution >= 4 is 11.3 Å². The molecule has 1 N–H and O–H groups in total. The van der Waals surface area contributed by atoms with Crippen LogP contribution in [-0.4, -0.2) is 18.1 Å². The number of rotatable bonds is 5. The van der Waals surface area contributed by atoms with Crippen molar-refractivity contribution in [2.75, 3.05) is 13.1 Å². The fraction of sp³-hybridized carbons (Fsp3) is 0.750. The summed E-state index contributed by atoms with van der Waals surface area (Å²) in [4.78, 5) is 4.72. The zero-order valence-corrected chi connectivity index (χ0v) is 10.7. The molecule has 1 aromatic rings. The van der Waals surface area contributed by atoms with Crippen LogP contribution in [0.1, 0.15) is 43.8 Å². The van der Waals surface area contributed by atoms with Gasteiger partial charge in [0.1, 0.15) is 0 Å². The second-order valence-corrected chi connectivity index (χ2v) is 5.92. The van der Waals surface area contributed by atoms with Gasteiger partial charge in [-0.1, -0.05) is 20.8 Å². The summed E-state index contributed by atoms with van der Waals surface area (Å²) in [5.41, 5.74) is 1.77. The molecule has 15 heavy (non-hydrogen) atoms. The van der Waals surface area contributed by atoms with E-state index in [1.54, 1.807) is 0 Å². The summed E-state index contributed by atoms with van der Waals surface area (Å²) >= 11 is 1.84. The van der Waals surface area contributed by atoms with E-state index < -0.39 is 0 Å². The molecule has 3 heteroatoms. The van der Waals surface area contributed by atoms with Crippen molar-refractivity contribution in [3.63, 3.8) is 0 Å². The number of nitrogens with zero attached hydrogens (tertiary/aromatic N) is 1. The molecule has 1 aliphatic rings. The highest BCUT2D eigenvalue weighted by molar-refractivity contribution is 7.09. The van der Waals surface area contributed by atoms with Gasteiger partial charge in [-0.25, -0.2) is 4.98 Å². The highest BCUT2D eigenvalue weighted by Crippen LogP contribution is 2.59. The molecule has 1 heterocycles. The summed E-state index contributed by atoms with van der Waals surface area (Å²) < 4.78 is 0. The third-order valence-electron chi connectivity index (χ3n) is 3.19. The Hall–Kier alpha value is -0.410. The number of aromatic nitrogens is 1. The molecular weight excluding hydrogens is 204 g/mol. The van der Waals surface area contributed by atoms with Crippen LogP contribution in [0.5, 0.6) is 0 Å². The first kappa shape index (κ1) is 11.1. The molecule has 1 aliphatic carbocycles. The van der Waals surface area contributed by atoms with Crippen LogP contribution >= 0.6 is 11.3 Å². The van der Waals surface area contributed by atoms with E-state index in [0.29, 0.717) is 5.41 Å². The van der Waals surface area contributed by atoms with Crippen molar-refractivity contribution in [1.82, 2.24) is 10.3 Å². The molecule has 0 bridgehead atoms. The predicted molar refractivity (Wildman–Crippen MR) is 65.5 cm³/mol. The topological polar surface area (TPSA) is 24.9 Å². The Morgan fingerprint density at radius 3 is 2.93 bits per heavy atom. The first-order chi connectivity index (χ1) is 7.13. The van der Waals surface area contributed by atoms with Gasteiger partial charge in [-0.05, 0) is 18.4 Å². The molecule has 1 fully saturated rings. The van der Waals surface area contributed by atoms with Crippen LogP contribution in [0, 0.1) is 5.41 Å². The van der Waals surface area contributed by atoms with Crippen molar-refractivity contribution in [3.8, 4) is 0 Å². The van der Waals surface area contributed by atoms with Gasteiger partial charge in [0, 0.05) is 24.3 Å². The molecule has 2 nitrogen and oxygen atoms in total. The van der Waals surface area contributed by atoms with Gasteiger partial charge in [-0.3, -0.25) is 0 Å². The second-order valence-electron chi connectivity index (χ2n) is 5.03. The van der Waals surface area contributed by atoms with Gasteiger partial charge >= 0.3 is 0 Å². The van der Waals surface area contributed by atoms with Crippen molar-refractivity contribution in [2.24, 2.45) is 5.41 Å². The molecular formula is C12H20N2S. The maximum Gasteiger partial charge on any atom is 0.0964 e. The minimum Gasteiger partial charge on any atom is -0.317 e. The van der Waals surface area contributed by atoms with Crippen LogP contribution in [0.2, 0.25) is 0 Å². The van der Waals surface area contributed by atoms with Gasteiger partial charge in [0.2, 0.25) is 0 Å². The third kappa shape index (κ3) is 2.58. The molecule has 0 amide bonds. The Morgan fingerprint density at radius 2 is 2.33 bits per heavy atom. The number of thiazole rings is 1. The van der Waals surface area contributed by atoms with Crippen molar-refractivity contribution in [2.45, 2.75) is 39.5 Å². The monoisotopic (exact) mass is 224 g/mol. The van der Waals surface area contributed by atoms with Gasteiger partial charge in [-0.15, -0.1) is 11.3 Å². The zero-order chi connectivity index (χ0) is 10.9. The lowest BCUT2D eigenvalue weighted by molar-refractivity contribution is 0.619. The van der Waals surface area contributed by atoms with E-state index in [4.69, 9.17) is 4.98 Å². The van der Waals surface area contributed by atoms with E-state index in [1.807, 2.05) is 11.3 Å². The molecule has 0 aliphatic heterocycles. The van der Waals surface area contributed by atoms with Crippen LogP contribution in [0.4, 0.5) is 0 Å². The predicted octanol–water partition coefficient (Wildman–Crippen LogP) is 2.81. The molecule has 0 aromatic carbocycles. The van der Waals surface area contributed by atoms with E-state index in [1.165, 1.54) is 17.1 Å². The van der Waals surface area contributed by atoms with Crippen molar-refractivity contribution in [1.29, 1.82) is 0 Å². The van der Waals surface area contributed by atoms with E-state index in [0.717, 1.165) is 25.4 Å². The minimum absolute atomic E-state index is 0.511. The average molecular weight is 224 g/mol. The van der Waals surface area contributed by atoms with E-state index >= 15 is 0 Å². The Morgan fingerprint density at radius 1 is 1.60 bits per heavy atom. The Balaban J connectivity index is 1.88. The lowest BCUT2D eigenvalue weighted by Crippen LogP contribution is -2.16. The van der Waals surface area contributed by atoms with E-state index in [-0.39, 0.29) is 0 Å². The third-order valence-corrected chi connectivity index (χ3v) is 4.20. The van der Waals surface area contributed by atoms with Crippen molar-refractivity contribution in [3.05, 3.63) is 16.1 Å². The maximum absolute atomic E-state index is 4.72. The van der Waals surface area contributed by atoms with Crippen LogP contribution in [0.3, 0.4) is 0 Å². The van der Waals surface area contributed by atoms with Gasteiger partial charge in [-0.2, -0.15) is 0 Å². The molecule has 1 saturated carbocycles. The molecule has 2 rings (SSSR count). The standard InChI is InChI=1S/C12H20N2S/c1-4-13-6-5-9-8-15-11(14-9)10-7-12(10,2)3/h8,10,13H,4-7H2,1-3H3. The highest BCUT2D eigenvalue weighted by atomic mass is 32.1. The maximum atomic E-state index is 4.72. The Bertz CT molecular complexity index is 330. The fourth-order valence-corrected chi connectivity index (χ4v) is 3.04. The summed E-state index contributed by atoms with van der Waals surface area (Å²) in [5.74, 6) is 0.732. The first-order valence-corrected chi connectivity index (χ1v) is 6.66. The minimum atomic E-state index is 0.511. The summed E-state index contributed by atoms with van der Waals surface area (Å²) in [6, 6.07) is 0. The summed E-state index contributed by atoms with van der Waals surface area (Å²) in [6.07, 6.45) is 2.38. The zero-order valence-electron chi connectivity index (χ0n) is 9.84. The molecule has 0 radical (unpaired) electrons. The van der Waals surface area contributed by atoms with E-state index in [2.05, 4.69) is 31.5 Å². The molecule has 1 atom stereocenters.